The fraction of sp³-hybridized carbons (Fsp3) is 0.333. The molecule has 1 heterocycles. The second-order valence-electron chi connectivity index (χ2n) is 10.2. The molecule has 0 atom stereocenters. The van der Waals surface area contributed by atoms with Crippen LogP contribution < -0.4 is 14.8 Å². The van der Waals surface area contributed by atoms with Gasteiger partial charge in [-0.2, -0.15) is 0 Å². The molecule has 222 valence electrons. The number of urea groups is 1. The molecule has 0 unspecified atom stereocenters. The summed E-state index contributed by atoms with van der Waals surface area (Å²) in [5.41, 5.74) is 4.90. The van der Waals surface area contributed by atoms with Crippen molar-refractivity contribution in [2.75, 3.05) is 52.9 Å². The lowest BCUT2D eigenvalue weighted by molar-refractivity contribution is -0.132. The maximum Gasteiger partial charge on any atom is 0.322 e. The van der Waals surface area contributed by atoms with E-state index < -0.39 is 6.03 Å². The van der Waals surface area contributed by atoms with Crippen molar-refractivity contribution in [1.29, 1.82) is 0 Å². The SMILES string of the molecule is COCCCN(CC(=O)N(CCc1c[nH]c2ccccc12)Cc1ccc(C)cc1)C(=O)Nc1ccc(OC)cc1OC. The van der Waals surface area contributed by atoms with E-state index >= 15 is 0 Å². The zero-order valence-electron chi connectivity index (χ0n) is 24.8. The minimum absolute atomic E-state index is 0.0756. The maximum atomic E-state index is 13.9. The molecule has 0 saturated carbocycles. The summed E-state index contributed by atoms with van der Waals surface area (Å²) in [6.07, 6.45) is 3.27. The lowest BCUT2D eigenvalue weighted by Crippen LogP contribution is -2.45. The van der Waals surface area contributed by atoms with Crippen LogP contribution in [-0.4, -0.2) is 74.3 Å². The van der Waals surface area contributed by atoms with Gasteiger partial charge in [-0.1, -0.05) is 48.0 Å². The van der Waals surface area contributed by atoms with Crippen molar-refractivity contribution < 1.29 is 23.8 Å². The van der Waals surface area contributed by atoms with Crippen LogP contribution in [0.15, 0.2) is 72.9 Å². The molecule has 0 saturated heterocycles. The number of rotatable bonds is 14. The summed E-state index contributed by atoms with van der Waals surface area (Å²) in [6, 6.07) is 21.1. The fourth-order valence-corrected chi connectivity index (χ4v) is 4.81. The van der Waals surface area contributed by atoms with Crippen LogP contribution >= 0.6 is 0 Å². The molecule has 9 heteroatoms. The van der Waals surface area contributed by atoms with Gasteiger partial charge < -0.3 is 34.3 Å². The van der Waals surface area contributed by atoms with E-state index in [0.717, 1.165) is 27.6 Å². The summed E-state index contributed by atoms with van der Waals surface area (Å²) in [5.74, 6) is 0.939. The Kier molecular flexibility index (Phi) is 10.8. The quantitative estimate of drug-likeness (QED) is 0.191. The molecule has 3 aromatic carbocycles. The van der Waals surface area contributed by atoms with Crippen molar-refractivity contribution in [3.8, 4) is 11.5 Å². The Morgan fingerprint density at radius 3 is 2.43 bits per heavy atom. The number of carbonyl (C=O) groups is 2. The Balaban J connectivity index is 1.53. The van der Waals surface area contributed by atoms with Gasteiger partial charge in [0.1, 0.15) is 18.0 Å². The molecule has 0 fully saturated rings. The number of para-hydroxylation sites is 1. The molecule has 9 nitrogen and oxygen atoms in total. The Bertz CT molecular complexity index is 1470. The van der Waals surface area contributed by atoms with E-state index in [1.165, 1.54) is 12.0 Å². The van der Waals surface area contributed by atoms with Gasteiger partial charge in [0.05, 0.1) is 19.9 Å². The first-order valence-corrected chi connectivity index (χ1v) is 14.1. The number of fused-ring (bicyclic) bond motifs is 1. The van der Waals surface area contributed by atoms with Gasteiger partial charge in [0.25, 0.3) is 0 Å². The minimum Gasteiger partial charge on any atom is -0.497 e. The highest BCUT2D eigenvalue weighted by molar-refractivity contribution is 5.93. The number of carbonyl (C=O) groups excluding carboxylic acids is 2. The smallest absolute Gasteiger partial charge is 0.322 e. The normalized spacial score (nSPS) is 10.9. The summed E-state index contributed by atoms with van der Waals surface area (Å²) >= 11 is 0. The standard InChI is InChI=1S/C33H40N4O5/c1-24-10-12-25(13-11-24)22-36(18-16-26-21-34-29-9-6-5-8-28(26)29)32(38)23-37(17-7-19-40-2)33(39)35-30-15-14-27(41-3)20-31(30)42-4/h5-6,8-15,20-21,34H,7,16-19,22-23H2,1-4H3,(H,35,39). The Hall–Kier alpha value is -4.50. The lowest BCUT2D eigenvalue weighted by atomic mass is 10.1. The number of methoxy groups -OCH3 is 3. The second-order valence-corrected chi connectivity index (χ2v) is 10.2. The predicted molar refractivity (Wildman–Crippen MR) is 165 cm³/mol. The molecule has 1 aromatic heterocycles. The predicted octanol–water partition coefficient (Wildman–Crippen LogP) is 5.64. The lowest BCUT2D eigenvalue weighted by Gasteiger charge is -2.28. The number of hydrogen-bond acceptors (Lipinski definition) is 5. The zero-order valence-corrected chi connectivity index (χ0v) is 24.8. The molecule has 0 aliphatic carbocycles. The number of nitrogens with zero attached hydrogens (tertiary/aromatic N) is 2. The summed E-state index contributed by atoms with van der Waals surface area (Å²) in [5, 5.41) is 4.05. The topological polar surface area (TPSA) is 96.1 Å². The van der Waals surface area contributed by atoms with Crippen molar-refractivity contribution in [1.82, 2.24) is 14.8 Å². The molecule has 0 radical (unpaired) electrons. The number of ether oxygens (including phenoxy) is 3. The number of aromatic amines is 1. The summed E-state index contributed by atoms with van der Waals surface area (Å²) < 4.78 is 15.9. The van der Waals surface area contributed by atoms with Gasteiger partial charge >= 0.3 is 6.03 Å². The zero-order chi connectivity index (χ0) is 29.9. The number of aryl methyl sites for hydroxylation is 1. The molecule has 0 spiro atoms. The molecular formula is C33H40N4O5. The van der Waals surface area contributed by atoms with Crippen LogP contribution in [0, 0.1) is 6.92 Å². The van der Waals surface area contributed by atoms with Crippen LogP contribution in [0.3, 0.4) is 0 Å². The van der Waals surface area contributed by atoms with Gasteiger partial charge in [-0.05, 0) is 49.1 Å². The molecule has 4 rings (SSSR count). The highest BCUT2D eigenvalue weighted by Crippen LogP contribution is 2.29. The van der Waals surface area contributed by atoms with Crippen LogP contribution in [0.25, 0.3) is 10.9 Å². The van der Waals surface area contributed by atoms with Crippen LogP contribution in [0.1, 0.15) is 23.1 Å². The molecule has 2 N–H and O–H groups in total. The summed E-state index contributed by atoms with van der Waals surface area (Å²) in [7, 11) is 4.71. The van der Waals surface area contributed by atoms with Gasteiger partial charge in [-0.15, -0.1) is 0 Å². The Labute approximate surface area is 247 Å². The van der Waals surface area contributed by atoms with Crippen LogP contribution in [0.2, 0.25) is 0 Å². The molecule has 0 aliphatic heterocycles. The number of benzene rings is 3. The number of hydrogen-bond donors (Lipinski definition) is 2. The fourth-order valence-electron chi connectivity index (χ4n) is 4.81. The third kappa shape index (κ3) is 8.04. The van der Waals surface area contributed by atoms with E-state index in [1.807, 2.05) is 60.5 Å². The summed E-state index contributed by atoms with van der Waals surface area (Å²) in [4.78, 5) is 34.0. The van der Waals surface area contributed by atoms with Gasteiger partial charge in [0, 0.05) is 56.5 Å². The second kappa shape index (κ2) is 14.9. The molecule has 4 aromatic rings. The number of amides is 3. The highest BCUT2D eigenvalue weighted by atomic mass is 16.5. The first-order valence-electron chi connectivity index (χ1n) is 14.1. The van der Waals surface area contributed by atoms with Gasteiger partial charge in [0.2, 0.25) is 5.91 Å². The number of H-pyrrole nitrogens is 1. The molecule has 0 bridgehead atoms. The monoisotopic (exact) mass is 572 g/mol. The summed E-state index contributed by atoms with van der Waals surface area (Å²) in [6.45, 7) is 3.74. The van der Waals surface area contributed by atoms with Gasteiger partial charge in [0.15, 0.2) is 0 Å². The van der Waals surface area contributed by atoms with Crippen molar-refractivity contribution in [2.45, 2.75) is 26.3 Å². The van der Waals surface area contributed by atoms with Crippen molar-refractivity contribution in [3.05, 3.63) is 89.6 Å². The first-order chi connectivity index (χ1) is 20.4. The third-order valence-corrected chi connectivity index (χ3v) is 7.21. The molecule has 42 heavy (non-hydrogen) atoms. The molecular weight excluding hydrogens is 532 g/mol. The first kappa shape index (κ1) is 30.5. The van der Waals surface area contributed by atoms with E-state index in [9.17, 15) is 9.59 Å². The van der Waals surface area contributed by atoms with E-state index in [1.54, 1.807) is 32.4 Å². The van der Waals surface area contributed by atoms with Gasteiger partial charge in [-0.3, -0.25) is 4.79 Å². The van der Waals surface area contributed by atoms with Gasteiger partial charge in [-0.25, -0.2) is 4.79 Å². The average Bonchev–Trinajstić information content (AvgIpc) is 3.42. The Morgan fingerprint density at radius 2 is 1.69 bits per heavy atom. The molecule has 0 aliphatic rings. The van der Waals surface area contributed by atoms with Crippen molar-refractivity contribution >= 4 is 28.5 Å². The Morgan fingerprint density at radius 1 is 0.905 bits per heavy atom. The van der Waals surface area contributed by atoms with E-state index in [0.29, 0.717) is 56.3 Å². The minimum atomic E-state index is -0.394. The molecule has 3 amide bonds. The van der Waals surface area contributed by atoms with E-state index in [4.69, 9.17) is 14.2 Å². The highest BCUT2D eigenvalue weighted by Gasteiger charge is 2.23. The maximum absolute atomic E-state index is 13.9. The van der Waals surface area contributed by atoms with E-state index in [-0.39, 0.29) is 12.5 Å². The number of nitrogens with one attached hydrogen (secondary N) is 2. The number of aromatic nitrogens is 1. The van der Waals surface area contributed by atoms with Crippen molar-refractivity contribution in [2.24, 2.45) is 0 Å². The third-order valence-electron chi connectivity index (χ3n) is 7.21. The van der Waals surface area contributed by atoms with Crippen LogP contribution in [0.4, 0.5) is 10.5 Å². The van der Waals surface area contributed by atoms with Crippen LogP contribution in [-0.2, 0) is 22.5 Å². The van der Waals surface area contributed by atoms with E-state index in [2.05, 4.69) is 16.4 Å². The van der Waals surface area contributed by atoms with Crippen LogP contribution in [0.5, 0.6) is 11.5 Å². The average molecular weight is 573 g/mol. The largest absolute Gasteiger partial charge is 0.497 e. The number of anilines is 1. The van der Waals surface area contributed by atoms with Crippen molar-refractivity contribution in [3.63, 3.8) is 0 Å².